The van der Waals surface area contributed by atoms with Crippen LogP contribution in [0.15, 0.2) is 29.8 Å². The maximum atomic E-state index is 15.2. The lowest BCUT2D eigenvalue weighted by Crippen LogP contribution is -2.57. The van der Waals surface area contributed by atoms with E-state index in [2.05, 4.69) is 30.4 Å². The molecule has 0 spiro atoms. The molecule has 1 aromatic carbocycles. The standard InChI is InChI=1S/C23H22FN7OS/c24-22-16-6-2-13(27-16)8-18(22)31(14-3-4-14)20-10-26-23(30-29-20)15-5-1-12(7-19(15)32)17-11-33-21(9-25)28-17/h1,5,7,10-11,13-14,16,18,22,27,32H,2-4,6,8H2/t13-,16+,18-,22+/m0/s1. The Balaban J connectivity index is 1.26. The molecule has 4 heterocycles. The minimum absolute atomic E-state index is 0.00589. The molecule has 1 aliphatic carbocycles. The Kier molecular flexibility index (Phi) is 4.96. The molecule has 6 rings (SSSR count). The molecule has 3 aromatic rings. The molecule has 1 saturated carbocycles. The van der Waals surface area contributed by atoms with Crippen molar-refractivity contribution in [2.45, 2.75) is 62.4 Å². The van der Waals surface area contributed by atoms with Gasteiger partial charge in [0.25, 0.3) is 0 Å². The highest BCUT2D eigenvalue weighted by Crippen LogP contribution is 2.40. The number of aromatic nitrogens is 4. The Morgan fingerprint density at radius 3 is 2.79 bits per heavy atom. The number of alkyl halides is 1. The van der Waals surface area contributed by atoms with Gasteiger partial charge in [0.2, 0.25) is 0 Å². The molecule has 2 aromatic heterocycles. The number of hydrogen-bond donors (Lipinski definition) is 2. The number of nitrogens with one attached hydrogen (secondary N) is 1. The lowest BCUT2D eigenvalue weighted by Gasteiger charge is -2.40. The molecule has 2 aliphatic heterocycles. The summed E-state index contributed by atoms with van der Waals surface area (Å²) in [6.45, 7) is 0. The zero-order chi connectivity index (χ0) is 22.5. The Hall–Kier alpha value is -3.16. The topological polar surface area (TPSA) is 111 Å². The number of hydrogen-bond acceptors (Lipinski definition) is 9. The third kappa shape index (κ3) is 3.71. The van der Waals surface area contributed by atoms with Gasteiger partial charge in [0, 0.05) is 29.1 Å². The maximum absolute atomic E-state index is 15.2. The normalized spacial score (nSPS) is 26.2. The second kappa shape index (κ2) is 8.01. The molecule has 3 aliphatic rings. The second-order valence-corrected chi connectivity index (χ2v) is 9.81. The Morgan fingerprint density at radius 1 is 1.21 bits per heavy atom. The molecule has 33 heavy (non-hydrogen) atoms. The first-order valence-corrected chi connectivity index (χ1v) is 12.1. The van der Waals surface area contributed by atoms with E-state index < -0.39 is 6.17 Å². The molecule has 4 atom stereocenters. The molecule has 8 nitrogen and oxygen atoms in total. The van der Waals surface area contributed by atoms with Crippen LogP contribution in [-0.2, 0) is 0 Å². The van der Waals surface area contributed by atoms with Crippen molar-refractivity contribution in [3.63, 3.8) is 0 Å². The van der Waals surface area contributed by atoms with Crippen molar-refractivity contribution in [2.24, 2.45) is 0 Å². The van der Waals surface area contributed by atoms with Crippen LogP contribution < -0.4 is 10.2 Å². The number of nitriles is 1. The lowest BCUT2D eigenvalue weighted by atomic mass is 9.96. The van der Waals surface area contributed by atoms with Gasteiger partial charge in [-0.1, -0.05) is 6.07 Å². The van der Waals surface area contributed by atoms with Gasteiger partial charge in [-0.05, 0) is 44.2 Å². The van der Waals surface area contributed by atoms with E-state index in [1.54, 1.807) is 29.8 Å². The smallest absolute Gasteiger partial charge is 0.194 e. The van der Waals surface area contributed by atoms with Crippen molar-refractivity contribution in [1.29, 1.82) is 5.26 Å². The van der Waals surface area contributed by atoms with Gasteiger partial charge in [-0.2, -0.15) is 5.26 Å². The van der Waals surface area contributed by atoms with Crippen LogP contribution in [0.4, 0.5) is 10.2 Å². The highest BCUT2D eigenvalue weighted by Gasteiger charge is 2.48. The van der Waals surface area contributed by atoms with E-state index in [-0.39, 0.29) is 23.9 Å². The van der Waals surface area contributed by atoms with E-state index in [9.17, 15) is 5.11 Å². The van der Waals surface area contributed by atoms with E-state index in [1.807, 2.05) is 6.07 Å². The Bertz CT molecular complexity index is 1220. The molecule has 168 valence electrons. The van der Waals surface area contributed by atoms with Crippen molar-refractivity contribution >= 4 is 17.2 Å². The van der Waals surface area contributed by atoms with Gasteiger partial charge >= 0.3 is 0 Å². The number of anilines is 1. The van der Waals surface area contributed by atoms with Gasteiger partial charge in [0.05, 0.1) is 23.5 Å². The summed E-state index contributed by atoms with van der Waals surface area (Å²) >= 11 is 1.25. The minimum atomic E-state index is -0.935. The number of fused-ring (bicyclic) bond motifs is 2. The van der Waals surface area contributed by atoms with Gasteiger partial charge < -0.3 is 15.3 Å². The molecular formula is C23H22FN7OS. The minimum Gasteiger partial charge on any atom is -0.507 e. The first kappa shape index (κ1) is 20.4. The number of halogens is 1. The van der Waals surface area contributed by atoms with Gasteiger partial charge in [0.1, 0.15) is 18.0 Å². The summed E-state index contributed by atoms with van der Waals surface area (Å²) < 4.78 is 15.2. The van der Waals surface area contributed by atoms with E-state index in [1.165, 1.54) is 11.3 Å². The van der Waals surface area contributed by atoms with Crippen molar-refractivity contribution in [1.82, 2.24) is 25.5 Å². The van der Waals surface area contributed by atoms with Crippen molar-refractivity contribution in [2.75, 3.05) is 4.90 Å². The highest BCUT2D eigenvalue weighted by atomic mass is 32.1. The average Bonchev–Trinajstić information content (AvgIpc) is 3.39. The molecule has 2 bridgehead atoms. The molecular weight excluding hydrogens is 441 g/mol. The number of piperidine rings is 1. The van der Waals surface area contributed by atoms with E-state index >= 15 is 4.39 Å². The number of phenols is 1. The zero-order valence-corrected chi connectivity index (χ0v) is 18.5. The summed E-state index contributed by atoms with van der Waals surface area (Å²) in [7, 11) is 0. The van der Waals surface area contributed by atoms with Crippen LogP contribution in [0.5, 0.6) is 5.75 Å². The van der Waals surface area contributed by atoms with Crippen LogP contribution in [0.3, 0.4) is 0 Å². The van der Waals surface area contributed by atoms with Gasteiger partial charge in [-0.25, -0.2) is 14.4 Å². The number of thiazole rings is 1. The summed E-state index contributed by atoms with van der Waals surface area (Å²) in [6, 6.07) is 7.49. The van der Waals surface area contributed by atoms with Crippen LogP contribution in [0.1, 0.15) is 37.1 Å². The molecule has 2 N–H and O–H groups in total. The summed E-state index contributed by atoms with van der Waals surface area (Å²) in [4.78, 5) is 10.8. The van der Waals surface area contributed by atoms with Crippen LogP contribution in [0.2, 0.25) is 0 Å². The number of rotatable bonds is 5. The predicted octanol–water partition coefficient (Wildman–Crippen LogP) is 3.44. The van der Waals surface area contributed by atoms with Crippen LogP contribution in [-0.4, -0.2) is 55.6 Å². The molecule has 3 fully saturated rings. The van der Waals surface area contributed by atoms with E-state index in [0.29, 0.717) is 39.5 Å². The quantitative estimate of drug-likeness (QED) is 0.592. The fourth-order valence-electron chi connectivity index (χ4n) is 5.07. The third-order valence-electron chi connectivity index (χ3n) is 6.80. The molecule has 2 saturated heterocycles. The van der Waals surface area contributed by atoms with Crippen molar-refractivity contribution in [3.05, 3.63) is 34.8 Å². The maximum Gasteiger partial charge on any atom is 0.194 e. The van der Waals surface area contributed by atoms with Crippen LogP contribution in [0, 0.1) is 11.3 Å². The van der Waals surface area contributed by atoms with Crippen LogP contribution >= 0.6 is 11.3 Å². The van der Waals surface area contributed by atoms with Crippen molar-refractivity contribution < 1.29 is 9.50 Å². The average molecular weight is 464 g/mol. The zero-order valence-electron chi connectivity index (χ0n) is 17.7. The number of aromatic hydroxyl groups is 1. The summed E-state index contributed by atoms with van der Waals surface area (Å²) in [6.07, 6.45) is 5.45. The lowest BCUT2D eigenvalue weighted by molar-refractivity contribution is 0.171. The predicted molar refractivity (Wildman–Crippen MR) is 121 cm³/mol. The highest BCUT2D eigenvalue weighted by molar-refractivity contribution is 7.10. The van der Waals surface area contributed by atoms with Gasteiger partial charge in [0.15, 0.2) is 16.6 Å². The summed E-state index contributed by atoms with van der Waals surface area (Å²) in [5.41, 5.74) is 1.78. The Morgan fingerprint density at radius 2 is 2.09 bits per heavy atom. The van der Waals surface area contributed by atoms with E-state index in [0.717, 1.165) is 32.1 Å². The fraction of sp³-hybridized carbons (Fsp3) is 0.435. The first-order valence-electron chi connectivity index (χ1n) is 11.2. The molecule has 0 radical (unpaired) electrons. The number of nitrogens with zero attached hydrogens (tertiary/aromatic N) is 6. The SMILES string of the molecule is N#Cc1nc(-c2ccc(-c3ncc(N(C4CC4)[C@H]4C[C@@H]5CC[C@@H](N5)[C@H]4F)nn3)c(O)c2)cs1. The van der Waals surface area contributed by atoms with Crippen molar-refractivity contribution in [3.8, 4) is 34.5 Å². The van der Waals surface area contributed by atoms with Gasteiger partial charge in [-0.15, -0.1) is 21.5 Å². The third-order valence-corrected chi connectivity index (χ3v) is 7.55. The molecule has 10 heteroatoms. The number of benzene rings is 1. The van der Waals surface area contributed by atoms with E-state index in [4.69, 9.17) is 5.26 Å². The molecule has 0 amide bonds. The van der Waals surface area contributed by atoms with Gasteiger partial charge in [-0.3, -0.25) is 0 Å². The fourth-order valence-corrected chi connectivity index (χ4v) is 5.69. The second-order valence-electron chi connectivity index (χ2n) is 8.95. The summed E-state index contributed by atoms with van der Waals surface area (Å²) in [5.74, 6) is 0.904. The summed E-state index contributed by atoms with van der Waals surface area (Å²) in [5, 5.41) is 33.8. The largest absolute Gasteiger partial charge is 0.507 e. The Labute approximate surface area is 194 Å². The molecule has 0 unspecified atom stereocenters. The number of phenolic OH excluding ortho intramolecular Hbond substituents is 1. The monoisotopic (exact) mass is 463 g/mol. The first-order chi connectivity index (χ1) is 16.1. The van der Waals surface area contributed by atoms with Crippen LogP contribution in [0.25, 0.3) is 22.6 Å².